The van der Waals surface area contributed by atoms with Crippen LogP contribution in [0, 0.1) is 0 Å². The standard InChI is InChI=1S/C12H15BrO3/c1-15-6-7-16-9-11(14)8-10-4-2-3-5-12(10)13/h2-5H,6-9H2,1H3. The lowest BCUT2D eigenvalue weighted by atomic mass is 10.1. The molecule has 0 amide bonds. The summed E-state index contributed by atoms with van der Waals surface area (Å²) >= 11 is 3.40. The molecule has 0 bridgehead atoms. The lowest BCUT2D eigenvalue weighted by Gasteiger charge is -2.04. The quantitative estimate of drug-likeness (QED) is 0.721. The number of ketones is 1. The van der Waals surface area contributed by atoms with E-state index in [-0.39, 0.29) is 12.4 Å². The number of hydrogen-bond acceptors (Lipinski definition) is 3. The van der Waals surface area contributed by atoms with Crippen molar-refractivity contribution in [3.05, 3.63) is 34.3 Å². The van der Waals surface area contributed by atoms with Crippen molar-refractivity contribution in [2.45, 2.75) is 6.42 Å². The van der Waals surface area contributed by atoms with Gasteiger partial charge in [-0.15, -0.1) is 0 Å². The summed E-state index contributed by atoms with van der Waals surface area (Å²) in [5.41, 5.74) is 0.989. The van der Waals surface area contributed by atoms with Crippen LogP contribution in [0.3, 0.4) is 0 Å². The Balaban J connectivity index is 2.32. The van der Waals surface area contributed by atoms with Gasteiger partial charge in [-0.1, -0.05) is 34.1 Å². The first-order chi connectivity index (χ1) is 7.74. The zero-order valence-electron chi connectivity index (χ0n) is 9.24. The molecular weight excluding hydrogens is 272 g/mol. The van der Waals surface area contributed by atoms with Gasteiger partial charge < -0.3 is 9.47 Å². The Morgan fingerprint density at radius 3 is 2.75 bits per heavy atom. The molecule has 0 fully saturated rings. The molecule has 1 aromatic rings. The predicted octanol–water partition coefficient (Wildman–Crippen LogP) is 2.22. The van der Waals surface area contributed by atoms with Crippen LogP contribution in [-0.4, -0.2) is 32.7 Å². The van der Waals surface area contributed by atoms with Crippen molar-refractivity contribution in [1.82, 2.24) is 0 Å². The van der Waals surface area contributed by atoms with E-state index in [1.807, 2.05) is 24.3 Å². The Labute approximate surface area is 104 Å². The van der Waals surface area contributed by atoms with Crippen LogP contribution >= 0.6 is 15.9 Å². The van der Waals surface area contributed by atoms with Gasteiger partial charge in [-0.25, -0.2) is 0 Å². The fraction of sp³-hybridized carbons (Fsp3) is 0.417. The minimum absolute atomic E-state index is 0.0722. The summed E-state index contributed by atoms with van der Waals surface area (Å²) in [4.78, 5) is 11.5. The first kappa shape index (κ1) is 13.4. The molecule has 0 N–H and O–H groups in total. The van der Waals surface area contributed by atoms with Crippen molar-refractivity contribution in [3.63, 3.8) is 0 Å². The topological polar surface area (TPSA) is 35.5 Å². The predicted molar refractivity (Wildman–Crippen MR) is 65.5 cm³/mol. The maximum absolute atomic E-state index is 11.5. The molecule has 0 saturated carbocycles. The van der Waals surface area contributed by atoms with Crippen LogP contribution in [0.4, 0.5) is 0 Å². The van der Waals surface area contributed by atoms with Gasteiger partial charge >= 0.3 is 0 Å². The van der Waals surface area contributed by atoms with Crippen LogP contribution in [0.5, 0.6) is 0 Å². The third-order valence-electron chi connectivity index (χ3n) is 2.04. The van der Waals surface area contributed by atoms with E-state index in [0.29, 0.717) is 19.6 Å². The van der Waals surface area contributed by atoms with E-state index < -0.39 is 0 Å². The number of methoxy groups -OCH3 is 1. The molecule has 0 saturated heterocycles. The minimum Gasteiger partial charge on any atom is -0.382 e. The van der Waals surface area contributed by atoms with Gasteiger partial charge in [0, 0.05) is 18.0 Å². The van der Waals surface area contributed by atoms with Gasteiger partial charge in [-0.2, -0.15) is 0 Å². The molecule has 3 nitrogen and oxygen atoms in total. The van der Waals surface area contributed by atoms with Gasteiger partial charge in [0.05, 0.1) is 13.2 Å². The van der Waals surface area contributed by atoms with Crippen molar-refractivity contribution in [3.8, 4) is 0 Å². The van der Waals surface area contributed by atoms with E-state index in [1.165, 1.54) is 0 Å². The van der Waals surface area contributed by atoms with Crippen LogP contribution in [0.1, 0.15) is 5.56 Å². The van der Waals surface area contributed by atoms with Gasteiger partial charge in [-0.3, -0.25) is 4.79 Å². The molecule has 0 aliphatic rings. The Morgan fingerprint density at radius 1 is 1.31 bits per heavy atom. The van der Waals surface area contributed by atoms with Gasteiger partial charge in [0.15, 0.2) is 5.78 Å². The maximum Gasteiger partial charge on any atom is 0.162 e. The molecule has 0 radical (unpaired) electrons. The number of carbonyl (C=O) groups excluding carboxylic acids is 1. The number of hydrogen-bond donors (Lipinski definition) is 0. The van der Waals surface area contributed by atoms with Crippen LogP contribution in [0.2, 0.25) is 0 Å². The lowest BCUT2D eigenvalue weighted by molar-refractivity contribution is -0.123. The molecule has 0 unspecified atom stereocenters. The molecule has 16 heavy (non-hydrogen) atoms. The van der Waals surface area contributed by atoms with E-state index in [4.69, 9.17) is 9.47 Å². The molecule has 88 valence electrons. The van der Waals surface area contributed by atoms with Crippen molar-refractivity contribution in [2.75, 3.05) is 26.9 Å². The SMILES string of the molecule is COCCOCC(=O)Cc1ccccc1Br. The van der Waals surface area contributed by atoms with Crippen LogP contribution < -0.4 is 0 Å². The highest BCUT2D eigenvalue weighted by Gasteiger charge is 2.06. The van der Waals surface area contributed by atoms with Crippen molar-refractivity contribution in [1.29, 1.82) is 0 Å². The van der Waals surface area contributed by atoms with E-state index in [0.717, 1.165) is 10.0 Å². The molecule has 0 atom stereocenters. The summed E-state index contributed by atoms with van der Waals surface area (Å²) in [6, 6.07) is 7.69. The van der Waals surface area contributed by atoms with Crippen molar-refractivity contribution in [2.24, 2.45) is 0 Å². The highest BCUT2D eigenvalue weighted by Crippen LogP contribution is 2.16. The maximum atomic E-state index is 11.5. The number of ether oxygens (including phenoxy) is 2. The van der Waals surface area contributed by atoms with Crippen molar-refractivity contribution >= 4 is 21.7 Å². The third kappa shape index (κ3) is 4.88. The van der Waals surface area contributed by atoms with E-state index >= 15 is 0 Å². The number of rotatable bonds is 7. The second-order valence-electron chi connectivity index (χ2n) is 3.35. The molecule has 1 aromatic carbocycles. The summed E-state index contributed by atoms with van der Waals surface area (Å²) in [6.45, 7) is 1.12. The summed E-state index contributed by atoms with van der Waals surface area (Å²) < 4.78 is 10.9. The summed E-state index contributed by atoms with van der Waals surface area (Å²) in [7, 11) is 1.60. The fourth-order valence-corrected chi connectivity index (χ4v) is 1.66. The first-order valence-corrected chi connectivity index (χ1v) is 5.85. The molecule has 0 aromatic heterocycles. The summed E-state index contributed by atoms with van der Waals surface area (Å²) in [5, 5.41) is 0. The lowest BCUT2D eigenvalue weighted by Crippen LogP contribution is -2.14. The molecule has 0 aliphatic carbocycles. The Morgan fingerprint density at radius 2 is 2.06 bits per heavy atom. The second-order valence-corrected chi connectivity index (χ2v) is 4.21. The van der Waals surface area contributed by atoms with Crippen molar-refractivity contribution < 1.29 is 14.3 Å². The van der Waals surface area contributed by atoms with Gasteiger partial charge in [0.2, 0.25) is 0 Å². The minimum atomic E-state index is 0.0722. The zero-order valence-corrected chi connectivity index (χ0v) is 10.8. The monoisotopic (exact) mass is 286 g/mol. The third-order valence-corrected chi connectivity index (χ3v) is 2.81. The molecule has 1 rings (SSSR count). The first-order valence-electron chi connectivity index (χ1n) is 5.06. The Hall–Kier alpha value is -0.710. The van der Waals surface area contributed by atoms with Crippen LogP contribution in [0.25, 0.3) is 0 Å². The molecule has 0 heterocycles. The smallest absolute Gasteiger partial charge is 0.162 e. The summed E-state index contributed by atoms with van der Waals surface area (Å²) in [5.74, 6) is 0.0722. The second kappa shape index (κ2) is 7.54. The van der Waals surface area contributed by atoms with E-state index in [9.17, 15) is 4.79 Å². The highest BCUT2D eigenvalue weighted by atomic mass is 79.9. The average Bonchev–Trinajstić information content (AvgIpc) is 2.28. The zero-order chi connectivity index (χ0) is 11.8. The Bertz CT molecular complexity index is 339. The van der Waals surface area contributed by atoms with Crippen LogP contribution in [-0.2, 0) is 20.7 Å². The molecule has 0 spiro atoms. The Kier molecular flexibility index (Phi) is 6.30. The van der Waals surface area contributed by atoms with E-state index in [2.05, 4.69) is 15.9 Å². The molecular formula is C12H15BrO3. The van der Waals surface area contributed by atoms with Gasteiger partial charge in [-0.05, 0) is 11.6 Å². The van der Waals surface area contributed by atoms with Crippen LogP contribution in [0.15, 0.2) is 28.7 Å². The number of benzene rings is 1. The van der Waals surface area contributed by atoms with E-state index in [1.54, 1.807) is 7.11 Å². The number of halogens is 1. The number of Topliss-reactive ketones (excluding diaryl/α,β-unsaturated/α-hetero) is 1. The van der Waals surface area contributed by atoms with Gasteiger partial charge in [0.25, 0.3) is 0 Å². The average molecular weight is 287 g/mol. The van der Waals surface area contributed by atoms with Gasteiger partial charge in [0.1, 0.15) is 6.61 Å². The molecule has 4 heteroatoms. The number of carbonyl (C=O) groups is 1. The normalized spacial score (nSPS) is 10.4. The highest BCUT2D eigenvalue weighted by molar-refractivity contribution is 9.10. The largest absolute Gasteiger partial charge is 0.382 e. The fourth-order valence-electron chi connectivity index (χ4n) is 1.23. The summed E-state index contributed by atoms with van der Waals surface area (Å²) in [6.07, 6.45) is 0.397. The molecule has 0 aliphatic heterocycles.